The van der Waals surface area contributed by atoms with E-state index in [1.165, 1.54) is 4.90 Å². The highest BCUT2D eigenvalue weighted by molar-refractivity contribution is 5.98. The van der Waals surface area contributed by atoms with Crippen molar-refractivity contribution in [3.05, 3.63) is 60.2 Å². The second-order valence-corrected chi connectivity index (χ2v) is 6.45. The van der Waals surface area contributed by atoms with E-state index in [0.29, 0.717) is 36.4 Å². The minimum absolute atomic E-state index is 0.0187. The number of nitrogens with zero attached hydrogens (tertiary/aromatic N) is 1. The van der Waals surface area contributed by atoms with Gasteiger partial charge in [-0.15, -0.1) is 0 Å². The highest BCUT2D eigenvalue weighted by Crippen LogP contribution is 2.22. The minimum atomic E-state index is -0.985. The first-order valence-electron chi connectivity index (χ1n) is 8.93. The Labute approximate surface area is 157 Å². The number of hydrogen-bond acceptors (Lipinski definition) is 4. The molecule has 1 atom stereocenters. The minimum Gasteiger partial charge on any atom is -0.480 e. The molecule has 6 nitrogen and oxygen atoms in total. The van der Waals surface area contributed by atoms with E-state index in [2.05, 4.69) is 0 Å². The van der Waals surface area contributed by atoms with Crippen LogP contribution in [0.2, 0.25) is 0 Å². The molecule has 0 aromatic heterocycles. The van der Waals surface area contributed by atoms with Gasteiger partial charge in [0.2, 0.25) is 5.91 Å². The van der Waals surface area contributed by atoms with Gasteiger partial charge in [0.1, 0.15) is 17.5 Å². The van der Waals surface area contributed by atoms with Gasteiger partial charge in [-0.25, -0.2) is 4.79 Å². The fourth-order valence-corrected chi connectivity index (χ4v) is 3.16. The number of rotatable bonds is 7. The number of amides is 1. The summed E-state index contributed by atoms with van der Waals surface area (Å²) in [5.41, 5.74) is 0.499. The van der Waals surface area contributed by atoms with Gasteiger partial charge >= 0.3 is 5.97 Å². The Bertz CT molecular complexity index is 816. The second kappa shape index (κ2) is 8.49. The molecule has 1 aliphatic rings. The number of para-hydroxylation sites is 1. The molecule has 1 aliphatic heterocycles. The average Bonchev–Trinajstić information content (AvgIpc) is 3.17. The SMILES string of the molecule is O=C(CCC(=O)N1CCC[C@H]1C(=O)O)c1ccc(Oc2ccccc2)cc1. The van der Waals surface area contributed by atoms with Gasteiger partial charge in [0.15, 0.2) is 5.78 Å². The lowest BCUT2D eigenvalue weighted by Crippen LogP contribution is -2.40. The predicted octanol–water partition coefficient (Wildman–Crippen LogP) is 3.52. The van der Waals surface area contributed by atoms with Crippen LogP contribution in [-0.4, -0.2) is 40.3 Å². The average molecular weight is 367 g/mol. The van der Waals surface area contributed by atoms with Gasteiger partial charge in [0, 0.05) is 24.9 Å². The third-order valence-corrected chi connectivity index (χ3v) is 4.58. The molecule has 27 heavy (non-hydrogen) atoms. The summed E-state index contributed by atoms with van der Waals surface area (Å²) in [6.07, 6.45) is 1.23. The Balaban J connectivity index is 1.53. The molecule has 1 N–H and O–H groups in total. The van der Waals surface area contributed by atoms with Crippen LogP contribution in [0, 0.1) is 0 Å². The zero-order valence-electron chi connectivity index (χ0n) is 14.8. The first-order valence-corrected chi connectivity index (χ1v) is 8.93. The molecular formula is C21H21NO5. The van der Waals surface area contributed by atoms with E-state index < -0.39 is 12.0 Å². The van der Waals surface area contributed by atoms with Crippen molar-refractivity contribution in [2.75, 3.05) is 6.54 Å². The van der Waals surface area contributed by atoms with Crippen LogP contribution in [0.25, 0.3) is 0 Å². The Morgan fingerprint density at radius 2 is 1.63 bits per heavy atom. The molecule has 2 aromatic rings. The van der Waals surface area contributed by atoms with Gasteiger partial charge in [-0.3, -0.25) is 9.59 Å². The lowest BCUT2D eigenvalue weighted by molar-refractivity contribution is -0.148. The topological polar surface area (TPSA) is 83.9 Å². The summed E-state index contributed by atoms with van der Waals surface area (Å²) in [5, 5.41) is 9.15. The summed E-state index contributed by atoms with van der Waals surface area (Å²) in [7, 11) is 0. The number of Topliss-reactive ketones (excluding diaryl/α,β-unsaturated/α-hetero) is 1. The highest BCUT2D eigenvalue weighted by atomic mass is 16.5. The van der Waals surface area contributed by atoms with Crippen molar-refractivity contribution in [2.24, 2.45) is 0 Å². The lowest BCUT2D eigenvalue weighted by atomic mass is 10.1. The van der Waals surface area contributed by atoms with Gasteiger partial charge in [-0.2, -0.15) is 0 Å². The molecule has 6 heteroatoms. The zero-order valence-corrected chi connectivity index (χ0v) is 14.8. The molecule has 140 valence electrons. The third kappa shape index (κ3) is 4.73. The molecule has 1 fully saturated rings. The monoisotopic (exact) mass is 367 g/mol. The van der Waals surface area contributed by atoms with Crippen molar-refractivity contribution in [2.45, 2.75) is 31.7 Å². The normalized spacial score (nSPS) is 16.1. The van der Waals surface area contributed by atoms with E-state index in [4.69, 9.17) is 9.84 Å². The fraction of sp³-hybridized carbons (Fsp3) is 0.286. The molecule has 0 spiro atoms. The molecule has 2 aromatic carbocycles. The molecule has 1 amide bonds. The highest BCUT2D eigenvalue weighted by Gasteiger charge is 2.33. The van der Waals surface area contributed by atoms with Gasteiger partial charge in [0.05, 0.1) is 0 Å². The Morgan fingerprint density at radius 3 is 2.30 bits per heavy atom. The summed E-state index contributed by atoms with van der Waals surface area (Å²) in [6.45, 7) is 0.440. The van der Waals surface area contributed by atoms with Crippen molar-refractivity contribution in [1.29, 1.82) is 0 Å². The first kappa shape index (κ1) is 18.6. The van der Waals surface area contributed by atoms with Crippen LogP contribution in [0.1, 0.15) is 36.0 Å². The molecule has 0 aliphatic carbocycles. The number of carbonyl (C=O) groups is 3. The number of hydrogen-bond donors (Lipinski definition) is 1. The summed E-state index contributed by atoms with van der Waals surface area (Å²) in [6, 6.07) is 15.3. The Hall–Kier alpha value is -3.15. The van der Waals surface area contributed by atoms with Gasteiger partial charge in [-0.05, 0) is 49.2 Å². The molecular weight excluding hydrogens is 346 g/mol. The molecule has 1 saturated heterocycles. The standard InChI is InChI=1S/C21H21NO5/c23-19(12-13-20(24)22-14-4-7-18(22)21(25)26)15-8-10-17(11-9-15)27-16-5-2-1-3-6-16/h1-3,5-6,8-11,18H,4,7,12-14H2,(H,25,26)/t18-/m0/s1. The number of ether oxygens (including phenoxy) is 1. The number of benzene rings is 2. The molecule has 0 bridgehead atoms. The molecule has 0 unspecified atom stereocenters. The van der Waals surface area contributed by atoms with Crippen LogP contribution in [0.4, 0.5) is 0 Å². The molecule has 1 heterocycles. The first-order chi connectivity index (χ1) is 13.0. The van der Waals surface area contributed by atoms with E-state index in [0.717, 1.165) is 0 Å². The van der Waals surface area contributed by atoms with Crippen molar-refractivity contribution in [3.63, 3.8) is 0 Å². The van der Waals surface area contributed by atoms with Gasteiger partial charge < -0.3 is 14.7 Å². The van der Waals surface area contributed by atoms with Crippen molar-refractivity contribution >= 4 is 17.7 Å². The number of carboxylic acids is 1. The van der Waals surface area contributed by atoms with Crippen LogP contribution in [0.3, 0.4) is 0 Å². The summed E-state index contributed by atoms with van der Waals surface area (Å²) < 4.78 is 5.69. The second-order valence-electron chi connectivity index (χ2n) is 6.45. The van der Waals surface area contributed by atoms with Crippen LogP contribution < -0.4 is 4.74 Å². The van der Waals surface area contributed by atoms with Crippen molar-refractivity contribution in [3.8, 4) is 11.5 Å². The number of carboxylic acid groups (broad SMARTS) is 1. The molecule has 3 rings (SSSR count). The maximum absolute atomic E-state index is 12.3. The Morgan fingerprint density at radius 1 is 0.963 bits per heavy atom. The summed E-state index contributed by atoms with van der Waals surface area (Å²) >= 11 is 0. The van der Waals surface area contributed by atoms with Gasteiger partial charge in [0.25, 0.3) is 0 Å². The van der Waals surface area contributed by atoms with E-state index in [1.54, 1.807) is 24.3 Å². The van der Waals surface area contributed by atoms with E-state index >= 15 is 0 Å². The maximum atomic E-state index is 12.3. The zero-order chi connectivity index (χ0) is 19.2. The number of aliphatic carboxylic acids is 1. The quantitative estimate of drug-likeness (QED) is 0.757. The van der Waals surface area contributed by atoms with Crippen LogP contribution in [-0.2, 0) is 9.59 Å². The van der Waals surface area contributed by atoms with Crippen LogP contribution in [0.15, 0.2) is 54.6 Å². The summed E-state index contributed by atoms with van der Waals surface area (Å²) in [4.78, 5) is 37.1. The number of ketones is 1. The predicted molar refractivity (Wildman–Crippen MR) is 98.9 cm³/mol. The largest absolute Gasteiger partial charge is 0.480 e. The Kier molecular flexibility index (Phi) is 5.86. The maximum Gasteiger partial charge on any atom is 0.326 e. The molecule has 0 saturated carbocycles. The van der Waals surface area contributed by atoms with Gasteiger partial charge in [-0.1, -0.05) is 18.2 Å². The van der Waals surface area contributed by atoms with E-state index in [-0.39, 0.29) is 24.5 Å². The molecule has 0 radical (unpaired) electrons. The number of likely N-dealkylation sites (tertiary alicyclic amines) is 1. The number of carbonyl (C=O) groups excluding carboxylic acids is 2. The van der Waals surface area contributed by atoms with Crippen LogP contribution >= 0.6 is 0 Å². The van der Waals surface area contributed by atoms with Crippen molar-refractivity contribution in [1.82, 2.24) is 4.90 Å². The fourth-order valence-electron chi connectivity index (χ4n) is 3.16. The summed E-state index contributed by atoms with van der Waals surface area (Å²) in [5.74, 6) is -0.0879. The van der Waals surface area contributed by atoms with E-state index in [9.17, 15) is 14.4 Å². The van der Waals surface area contributed by atoms with Crippen LogP contribution in [0.5, 0.6) is 11.5 Å². The van der Waals surface area contributed by atoms with Crippen molar-refractivity contribution < 1.29 is 24.2 Å². The third-order valence-electron chi connectivity index (χ3n) is 4.58. The lowest BCUT2D eigenvalue weighted by Gasteiger charge is -2.21. The van der Waals surface area contributed by atoms with E-state index in [1.807, 2.05) is 30.3 Å². The smallest absolute Gasteiger partial charge is 0.326 e.